The minimum Gasteiger partial charge on any atom is -0.472 e. The highest BCUT2D eigenvalue weighted by molar-refractivity contribution is 5.90. The summed E-state index contributed by atoms with van der Waals surface area (Å²) in [6.45, 7) is 7.63. The van der Waals surface area contributed by atoms with Gasteiger partial charge in [-0.05, 0) is 50.8 Å². The van der Waals surface area contributed by atoms with E-state index >= 15 is 0 Å². The van der Waals surface area contributed by atoms with Crippen molar-refractivity contribution >= 4 is 12.3 Å². The van der Waals surface area contributed by atoms with E-state index in [9.17, 15) is 9.59 Å². The lowest BCUT2D eigenvalue weighted by Gasteiger charge is -2.16. The lowest BCUT2D eigenvalue weighted by molar-refractivity contribution is -0.144. The molecule has 0 N–H and O–H groups in total. The van der Waals surface area contributed by atoms with Crippen molar-refractivity contribution in [3.8, 4) is 11.1 Å². The van der Waals surface area contributed by atoms with Crippen molar-refractivity contribution in [2.24, 2.45) is 0 Å². The number of rotatable bonds is 8. The number of ether oxygens (including phenoxy) is 1. The number of esters is 1. The molecule has 26 heavy (non-hydrogen) atoms. The molecule has 0 amide bonds. The summed E-state index contributed by atoms with van der Waals surface area (Å²) in [6, 6.07) is 3.68. The summed E-state index contributed by atoms with van der Waals surface area (Å²) in [5, 5.41) is 0. The molecule has 4 heteroatoms. The second-order valence-electron chi connectivity index (χ2n) is 6.82. The first-order valence-corrected chi connectivity index (χ1v) is 8.81. The minimum absolute atomic E-state index is 0.316. The summed E-state index contributed by atoms with van der Waals surface area (Å²) in [7, 11) is 0. The fourth-order valence-corrected chi connectivity index (χ4v) is 2.98. The molecule has 1 heterocycles. The summed E-state index contributed by atoms with van der Waals surface area (Å²) in [5.41, 5.74) is 5.71. The third kappa shape index (κ3) is 5.45. The standard InChI is InChI=1S/C22H26O4/c1-15(2)6-5-7-16(3)10-20(26-17(4)24)11-19-13-25-14-22-18(12-23)8-9-21(19)22/h6,8-10,12-14,20H,5,7,11H2,1-4H3/b16-10+. The van der Waals surface area contributed by atoms with Crippen molar-refractivity contribution in [3.63, 3.8) is 0 Å². The van der Waals surface area contributed by atoms with Crippen LogP contribution in [0.4, 0.5) is 0 Å². The Labute approximate surface area is 154 Å². The van der Waals surface area contributed by atoms with Crippen LogP contribution in [0.15, 0.2) is 52.4 Å². The lowest BCUT2D eigenvalue weighted by atomic mass is 9.99. The lowest BCUT2D eigenvalue weighted by Crippen LogP contribution is -2.17. The summed E-state index contributed by atoms with van der Waals surface area (Å²) in [4.78, 5) is 22.6. The predicted molar refractivity (Wildman–Crippen MR) is 102 cm³/mol. The van der Waals surface area contributed by atoms with E-state index in [0.29, 0.717) is 12.0 Å². The van der Waals surface area contributed by atoms with E-state index < -0.39 is 0 Å². The van der Waals surface area contributed by atoms with E-state index in [0.717, 1.165) is 35.8 Å². The van der Waals surface area contributed by atoms with Gasteiger partial charge in [-0.3, -0.25) is 9.59 Å². The molecule has 138 valence electrons. The van der Waals surface area contributed by atoms with Crippen LogP contribution in [0.3, 0.4) is 0 Å². The molecule has 0 fully saturated rings. The van der Waals surface area contributed by atoms with Gasteiger partial charge in [-0.15, -0.1) is 0 Å². The van der Waals surface area contributed by atoms with Gasteiger partial charge in [-0.1, -0.05) is 29.4 Å². The van der Waals surface area contributed by atoms with E-state index in [1.54, 1.807) is 18.6 Å². The molecule has 0 radical (unpaired) electrons. The van der Waals surface area contributed by atoms with Gasteiger partial charge in [0.05, 0.1) is 12.5 Å². The zero-order valence-corrected chi connectivity index (χ0v) is 15.9. The number of aldehydes is 1. The highest BCUT2D eigenvalue weighted by Gasteiger charge is 2.18. The molecular weight excluding hydrogens is 328 g/mol. The van der Waals surface area contributed by atoms with Crippen LogP contribution in [0.5, 0.6) is 0 Å². The topological polar surface area (TPSA) is 56.5 Å². The molecule has 0 spiro atoms. The monoisotopic (exact) mass is 354 g/mol. The molecule has 1 unspecified atom stereocenters. The van der Waals surface area contributed by atoms with Gasteiger partial charge >= 0.3 is 5.97 Å². The van der Waals surface area contributed by atoms with Crippen LogP contribution in [-0.4, -0.2) is 18.4 Å². The number of carbonyl (C=O) groups excluding carboxylic acids is 2. The Kier molecular flexibility index (Phi) is 6.96. The number of allylic oxidation sites excluding steroid dienone is 3. The number of hydrogen-bond acceptors (Lipinski definition) is 4. The SMILES string of the molecule is CC(=O)OC(/C=C(\C)CCC=C(C)C)Cc1cocc2c(C=O)ccc1-2. The third-order valence-electron chi connectivity index (χ3n) is 4.20. The minimum atomic E-state index is -0.366. The van der Waals surface area contributed by atoms with Crippen LogP contribution in [0.1, 0.15) is 56.5 Å². The predicted octanol–water partition coefficient (Wildman–Crippen LogP) is 5.36. The Bertz CT molecular complexity index is 790. The second kappa shape index (κ2) is 9.18. The first kappa shape index (κ1) is 19.7. The van der Waals surface area contributed by atoms with Gasteiger partial charge in [-0.25, -0.2) is 0 Å². The molecule has 0 aromatic carbocycles. The van der Waals surface area contributed by atoms with Gasteiger partial charge in [0.15, 0.2) is 6.29 Å². The first-order valence-electron chi connectivity index (χ1n) is 8.81. The van der Waals surface area contributed by atoms with Crippen LogP contribution in [0, 0.1) is 0 Å². The molecule has 0 bridgehead atoms. The van der Waals surface area contributed by atoms with Crippen LogP contribution in [0.2, 0.25) is 0 Å². The molecule has 1 aliphatic carbocycles. The number of hydrogen-bond donors (Lipinski definition) is 0. The van der Waals surface area contributed by atoms with Crippen molar-refractivity contribution in [2.45, 2.75) is 53.1 Å². The van der Waals surface area contributed by atoms with E-state index in [4.69, 9.17) is 9.15 Å². The Balaban J connectivity index is 2.19. The van der Waals surface area contributed by atoms with Crippen molar-refractivity contribution in [1.82, 2.24) is 0 Å². The van der Waals surface area contributed by atoms with E-state index in [1.807, 2.05) is 19.1 Å². The van der Waals surface area contributed by atoms with Crippen molar-refractivity contribution < 1.29 is 18.7 Å². The van der Waals surface area contributed by atoms with Crippen LogP contribution in [-0.2, 0) is 16.0 Å². The number of carbonyl (C=O) groups is 2. The highest BCUT2D eigenvalue weighted by Crippen LogP contribution is 2.31. The van der Waals surface area contributed by atoms with Gasteiger partial charge in [-0.2, -0.15) is 0 Å². The molecule has 0 aromatic rings. The molecule has 2 aliphatic rings. The Morgan fingerprint density at radius 1 is 1.15 bits per heavy atom. The maximum Gasteiger partial charge on any atom is 0.303 e. The molecule has 1 aliphatic heterocycles. The quantitative estimate of drug-likeness (QED) is 0.363. The fourth-order valence-electron chi connectivity index (χ4n) is 2.98. The fraction of sp³-hybridized carbons (Fsp3) is 0.364. The first-order chi connectivity index (χ1) is 12.4. The van der Waals surface area contributed by atoms with Crippen molar-refractivity contribution in [2.75, 3.05) is 0 Å². The molecule has 4 nitrogen and oxygen atoms in total. The van der Waals surface area contributed by atoms with E-state index in [1.165, 1.54) is 18.1 Å². The van der Waals surface area contributed by atoms with Crippen LogP contribution in [0.25, 0.3) is 11.1 Å². The molecule has 0 saturated carbocycles. The van der Waals surface area contributed by atoms with Gasteiger partial charge in [0.25, 0.3) is 0 Å². The molecular formula is C22H26O4. The Morgan fingerprint density at radius 2 is 1.92 bits per heavy atom. The molecule has 1 atom stereocenters. The van der Waals surface area contributed by atoms with Crippen LogP contribution >= 0.6 is 0 Å². The number of fused-ring (bicyclic) bond motifs is 1. The Morgan fingerprint density at radius 3 is 2.58 bits per heavy atom. The van der Waals surface area contributed by atoms with Gasteiger partial charge in [0, 0.05) is 24.5 Å². The normalized spacial score (nSPS) is 12.7. The summed E-state index contributed by atoms with van der Waals surface area (Å²) < 4.78 is 10.9. The smallest absolute Gasteiger partial charge is 0.303 e. The van der Waals surface area contributed by atoms with E-state index in [-0.39, 0.29) is 12.1 Å². The van der Waals surface area contributed by atoms with Crippen molar-refractivity contribution in [3.05, 3.63) is 59.1 Å². The summed E-state index contributed by atoms with van der Waals surface area (Å²) in [5.74, 6) is -0.316. The second-order valence-corrected chi connectivity index (χ2v) is 6.82. The zero-order valence-electron chi connectivity index (χ0n) is 15.9. The highest BCUT2D eigenvalue weighted by atomic mass is 16.5. The summed E-state index contributed by atoms with van der Waals surface area (Å²) in [6.07, 6.45) is 10.3. The largest absolute Gasteiger partial charge is 0.472 e. The zero-order chi connectivity index (χ0) is 19.1. The molecule has 2 rings (SSSR count). The van der Waals surface area contributed by atoms with Gasteiger partial charge in [0.1, 0.15) is 6.10 Å². The summed E-state index contributed by atoms with van der Waals surface area (Å²) >= 11 is 0. The Hall–Kier alpha value is -2.62. The average Bonchev–Trinajstić information content (AvgIpc) is 2.98. The maximum absolute atomic E-state index is 11.5. The van der Waals surface area contributed by atoms with Gasteiger partial charge in [0.2, 0.25) is 0 Å². The molecule has 0 aromatic heterocycles. The van der Waals surface area contributed by atoms with Gasteiger partial charge < -0.3 is 9.15 Å². The average molecular weight is 354 g/mol. The third-order valence-corrected chi connectivity index (χ3v) is 4.20. The maximum atomic E-state index is 11.5. The van der Waals surface area contributed by atoms with Crippen LogP contribution < -0.4 is 0 Å². The van der Waals surface area contributed by atoms with Crippen molar-refractivity contribution in [1.29, 1.82) is 0 Å². The van der Waals surface area contributed by atoms with E-state index in [2.05, 4.69) is 19.9 Å². The molecule has 0 saturated heterocycles.